The minimum atomic E-state index is -0.484. The van der Waals surface area contributed by atoms with Crippen LogP contribution < -0.4 is 10.6 Å². The van der Waals surface area contributed by atoms with Crippen LogP contribution in [0.25, 0.3) is 0 Å². The van der Waals surface area contributed by atoms with E-state index in [0.717, 1.165) is 16.8 Å². The average molecular weight is 291 g/mol. The lowest BCUT2D eigenvalue weighted by molar-refractivity contribution is -0.128. The van der Waals surface area contributed by atoms with Gasteiger partial charge in [-0.05, 0) is 37.3 Å². The quantitative estimate of drug-likeness (QED) is 0.840. The molecule has 2 N–H and O–H groups in total. The predicted molar refractivity (Wildman–Crippen MR) is 82.6 cm³/mol. The summed E-state index contributed by atoms with van der Waals surface area (Å²) in [4.78, 5) is 27.7. The average Bonchev–Trinajstić information content (AvgIpc) is 2.38. The summed E-state index contributed by atoms with van der Waals surface area (Å²) >= 11 is 0. The molecule has 1 atom stereocenters. The second-order valence-electron chi connectivity index (χ2n) is 5.85. The van der Waals surface area contributed by atoms with Crippen LogP contribution in [0.5, 0.6) is 0 Å². The fourth-order valence-electron chi connectivity index (χ4n) is 2.06. The molecule has 21 heavy (non-hydrogen) atoms. The summed E-state index contributed by atoms with van der Waals surface area (Å²) in [6.07, 6.45) is 2.38. The van der Waals surface area contributed by atoms with Gasteiger partial charge in [0, 0.05) is 25.4 Å². The van der Waals surface area contributed by atoms with Crippen LogP contribution in [0.15, 0.2) is 12.3 Å². The highest BCUT2D eigenvalue weighted by molar-refractivity contribution is 5.86. The number of aromatic nitrogens is 1. The zero-order valence-corrected chi connectivity index (χ0v) is 13.5. The molecule has 0 unspecified atom stereocenters. The van der Waals surface area contributed by atoms with E-state index in [4.69, 9.17) is 0 Å². The van der Waals surface area contributed by atoms with Crippen LogP contribution >= 0.6 is 0 Å². The second kappa shape index (κ2) is 7.76. The molecule has 2 amide bonds. The molecule has 0 aliphatic heterocycles. The molecule has 0 saturated heterocycles. The van der Waals surface area contributed by atoms with Crippen molar-refractivity contribution in [3.8, 4) is 0 Å². The van der Waals surface area contributed by atoms with Gasteiger partial charge in [-0.2, -0.15) is 0 Å². The van der Waals surface area contributed by atoms with E-state index in [1.165, 1.54) is 6.92 Å². The van der Waals surface area contributed by atoms with Crippen molar-refractivity contribution in [3.63, 3.8) is 0 Å². The summed E-state index contributed by atoms with van der Waals surface area (Å²) in [5.41, 5.74) is 3.04. The van der Waals surface area contributed by atoms with Gasteiger partial charge in [0.1, 0.15) is 6.04 Å². The molecule has 0 radical (unpaired) electrons. The number of hydrogen-bond acceptors (Lipinski definition) is 3. The third kappa shape index (κ3) is 5.94. The third-order valence-electron chi connectivity index (χ3n) is 3.26. The summed E-state index contributed by atoms with van der Waals surface area (Å²) in [5, 5.41) is 5.56. The molecular weight excluding hydrogens is 266 g/mol. The van der Waals surface area contributed by atoms with Gasteiger partial charge in [-0.1, -0.05) is 19.9 Å². The van der Waals surface area contributed by atoms with Gasteiger partial charge in [0.25, 0.3) is 0 Å². The summed E-state index contributed by atoms with van der Waals surface area (Å²) in [6.45, 7) is 9.83. The largest absolute Gasteiger partial charge is 0.350 e. The number of nitrogens with zero attached hydrogens (tertiary/aromatic N) is 1. The fourth-order valence-corrected chi connectivity index (χ4v) is 2.06. The summed E-state index contributed by atoms with van der Waals surface area (Å²) < 4.78 is 0. The Hall–Kier alpha value is -1.91. The normalized spacial score (nSPS) is 12.1. The third-order valence-corrected chi connectivity index (χ3v) is 3.26. The van der Waals surface area contributed by atoms with Crippen molar-refractivity contribution in [2.45, 2.75) is 53.6 Å². The summed E-state index contributed by atoms with van der Waals surface area (Å²) in [7, 11) is 0. The Morgan fingerprint density at radius 1 is 1.29 bits per heavy atom. The SMILES string of the molecule is CC(=O)N[C@@H](CC(C)C)C(=O)NCc1cnc(C)c(C)c1. The molecule has 0 aliphatic carbocycles. The molecule has 1 heterocycles. The zero-order chi connectivity index (χ0) is 16.0. The minimum Gasteiger partial charge on any atom is -0.350 e. The number of rotatable bonds is 6. The van der Waals surface area contributed by atoms with Crippen LogP contribution in [-0.4, -0.2) is 22.8 Å². The van der Waals surface area contributed by atoms with E-state index in [9.17, 15) is 9.59 Å². The van der Waals surface area contributed by atoms with Crippen molar-refractivity contribution in [2.24, 2.45) is 5.92 Å². The number of hydrogen-bond donors (Lipinski definition) is 2. The highest BCUT2D eigenvalue weighted by atomic mass is 16.2. The molecule has 0 saturated carbocycles. The molecule has 116 valence electrons. The molecule has 5 nitrogen and oxygen atoms in total. The van der Waals surface area contributed by atoms with E-state index in [1.54, 1.807) is 6.20 Å². The number of aryl methyl sites for hydroxylation is 2. The fraction of sp³-hybridized carbons (Fsp3) is 0.562. The lowest BCUT2D eigenvalue weighted by Gasteiger charge is -2.19. The van der Waals surface area contributed by atoms with Crippen molar-refractivity contribution in [1.82, 2.24) is 15.6 Å². The van der Waals surface area contributed by atoms with E-state index in [0.29, 0.717) is 18.9 Å². The van der Waals surface area contributed by atoms with E-state index in [2.05, 4.69) is 15.6 Å². The monoisotopic (exact) mass is 291 g/mol. The first-order valence-electron chi connectivity index (χ1n) is 7.26. The molecule has 1 aromatic rings. The Morgan fingerprint density at radius 2 is 1.95 bits per heavy atom. The lowest BCUT2D eigenvalue weighted by Crippen LogP contribution is -2.46. The molecule has 5 heteroatoms. The van der Waals surface area contributed by atoms with Gasteiger partial charge in [-0.25, -0.2) is 0 Å². The highest BCUT2D eigenvalue weighted by Crippen LogP contribution is 2.08. The van der Waals surface area contributed by atoms with Crippen LogP contribution in [0, 0.1) is 19.8 Å². The van der Waals surface area contributed by atoms with Crippen molar-refractivity contribution in [2.75, 3.05) is 0 Å². The number of carbonyl (C=O) groups excluding carboxylic acids is 2. The van der Waals surface area contributed by atoms with E-state index in [-0.39, 0.29) is 11.8 Å². The van der Waals surface area contributed by atoms with E-state index >= 15 is 0 Å². The Bertz CT molecular complexity index is 512. The molecule has 0 aliphatic rings. The maximum absolute atomic E-state index is 12.2. The topological polar surface area (TPSA) is 71.1 Å². The lowest BCUT2D eigenvalue weighted by atomic mass is 10.0. The van der Waals surface area contributed by atoms with E-state index < -0.39 is 6.04 Å². The van der Waals surface area contributed by atoms with Crippen LogP contribution in [-0.2, 0) is 16.1 Å². The van der Waals surface area contributed by atoms with Gasteiger partial charge < -0.3 is 10.6 Å². The van der Waals surface area contributed by atoms with Crippen molar-refractivity contribution in [1.29, 1.82) is 0 Å². The van der Waals surface area contributed by atoms with Gasteiger partial charge in [0.05, 0.1) is 0 Å². The number of amides is 2. The summed E-state index contributed by atoms with van der Waals surface area (Å²) in [5.74, 6) is -0.0170. The van der Waals surface area contributed by atoms with Crippen molar-refractivity contribution in [3.05, 3.63) is 29.1 Å². The Labute approximate surface area is 126 Å². The highest BCUT2D eigenvalue weighted by Gasteiger charge is 2.20. The molecule has 1 rings (SSSR count). The molecule has 0 aromatic carbocycles. The second-order valence-corrected chi connectivity index (χ2v) is 5.85. The Balaban J connectivity index is 2.63. The van der Waals surface area contributed by atoms with Crippen LogP contribution in [0.3, 0.4) is 0 Å². The number of carbonyl (C=O) groups is 2. The Kier molecular flexibility index (Phi) is 6.34. The molecule has 0 spiro atoms. The van der Waals surface area contributed by atoms with Crippen LogP contribution in [0.2, 0.25) is 0 Å². The van der Waals surface area contributed by atoms with Crippen LogP contribution in [0.1, 0.15) is 44.0 Å². The first-order valence-corrected chi connectivity index (χ1v) is 7.26. The first-order chi connectivity index (χ1) is 9.79. The van der Waals surface area contributed by atoms with Gasteiger partial charge in [-0.3, -0.25) is 14.6 Å². The first kappa shape index (κ1) is 17.1. The van der Waals surface area contributed by atoms with Gasteiger partial charge in [0.2, 0.25) is 11.8 Å². The molecule has 0 bridgehead atoms. The van der Waals surface area contributed by atoms with E-state index in [1.807, 2.05) is 33.8 Å². The molecule has 1 aromatic heterocycles. The van der Waals surface area contributed by atoms with Gasteiger partial charge in [0.15, 0.2) is 0 Å². The molecule has 0 fully saturated rings. The van der Waals surface area contributed by atoms with Gasteiger partial charge in [-0.15, -0.1) is 0 Å². The standard InChI is InChI=1S/C16H25N3O2/c1-10(2)6-15(19-13(5)20)16(21)18-9-14-7-11(3)12(4)17-8-14/h7-8,10,15H,6,9H2,1-5H3,(H,18,21)(H,19,20)/t15-/m0/s1. The minimum absolute atomic E-state index is 0.155. The Morgan fingerprint density at radius 3 is 2.48 bits per heavy atom. The predicted octanol–water partition coefficient (Wildman–Crippen LogP) is 1.87. The van der Waals surface area contributed by atoms with Crippen molar-refractivity contribution >= 4 is 11.8 Å². The molecular formula is C16H25N3O2. The van der Waals surface area contributed by atoms with Crippen LogP contribution in [0.4, 0.5) is 0 Å². The zero-order valence-electron chi connectivity index (χ0n) is 13.5. The van der Waals surface area contributed by atoms with Gasteiger partial charge >= 0.3 is 0 Å². The van der Waals surface area contributed by atoms with Crippen molar-refractivity contribution < 1.29 is 9.59 Å². The maximum atomic E-state index is 12.2. The number of pyridine rings is 1. The maximum Gasteiger partial charge on any atom is 0.242 e. The summed E-state index contributed by atoms with van der Waals surface area (Å²) in [6, 6.07) is 1.53. The number of nitrogens with one attached hydrogen (secondary N) is 2. The smallest absolute Gasteiger partial charge is 0.242 e.